The van der Waals surface area contributed by atoms with Crippen LogP contribution in [0.5, 0.6) is 0 Å². The summed E-state index contributed by atoms with van der Waals surface area (Å²) in [5.41, 5.74) is 1.34. The molecule has 0 saturated carbocycles. The molecule has 2 N–H and O–H groups in total. The SMILES string of the molecule is O=C1Cc2cc(S(=O)(=O)CCO)ccc2N1. The third-order valence-electron chi connectivity index (χ3n) is 2.42. The van der Waals surface area contributed by atoms with Gasteiger partial charge in [0.15, 0.2) is 9.84 Å². The monoisotopic (exact) mass is 241 g/mol. The zero-order valence-corrected chi connectivity index (χ0v) is 9.25. The van der Waals surface area contributed by atoms with E-state index >= 15 is 0 Å². The minimum Gasteiger partial charge on any atom is -0.395 e. The molecule has 1 aliphatic rings. The molecular formula is C10H11NO4S. The molecule has 0 aliphatic carbocycles. The third-order valence-corrected chi connectivity index (χ3v) is 4.11. The van der Waals surface area contributed by atoms with Gasteiger partial charge in [0, 0.05) is 5.69 Å². The van der Waals surface area contributed by atoms with Crippen LogP contribution in [0, 0.1) is 0 Å². The first kappa shape index (κ1) is 11.1. The molecule has 1 aliphatic heterocycles. The number of carbonyl (C=O) groups excluding carboxylic acids is 1. The Morgan fingerprint density at radius 1 is 1.38 bits per heavy atom. The van der Waals surface area contributed by atoms with E-state index in [0.29, 0.717) is 11.3 Å². The Hall–Kier alpha value is -1.40. The maximum atomic E-state index is 11.6. The van der Waals surface area contributed by atoms with Gasteiger partial charge in [-0.2, -0.15) is 0 Å². The molecule has 1 heterocycles. The number of sulfone groups is 1. The van der Waals surface area contributed by atoms with Crippen LogP contribution in [0.2, 0.25) is 0 Å². The van der Waals surface area contributed by atoms with Gasteiger partial charge in [-0.1, -0.05) is 0 Å². The number of carbonyl (C=O) groups is 1. The maximum absolute atomic E-state index is 11.6. The molecule has 1 aromatic carbocycles. The highest BCUT2D eigenvalue weighted by atomic mass is 32.2. The highest BCUT2D eigenvalue weighted by Crippen LogP contribution is 2.26. The summed E-state index contributed by atoms with van der Waals surface area (Å²) < 4.78 is 23.3. The summed E-state index contributed by atoms with van der Waals surface area (Å²) >= 11 is 0. The lowest BCUT2D eigenvalue weighted by Crippen LogP contribution is -2.10. The Kier molecular flexibility index (Phi) is 2.69. The molecule has 0 radical (unpaired) electrons. The van der Waals surface area contributed by atoms with Crippen molar-refractivity contribution >= 4 is 21.4 Å². The summed E-state index contributed by atoms with van der Waals surface area (Å²) in [4.78, 5) is 11.2. The average Bonchev–Trinajstić information content (AvgIpc) is 2.56. The lowest BCUT2D eigenvalue weighted by molar-refractivity contribution is -0.115. The van der Waals surface area contributed by atoms with Gasteiger partial charge in [0.2, 0.25) is 5.91 Å². The van der Waals surface area contributed by atoms with E-state index in [4.69, 9.17) is 5.11 Å². The molecule has 0 unspecified atom stereocenters. The van der Waals surface area contributed by atoms with Gasteiger partial charge in [-0.3, -0.25) is 4.79 Å². The van der Waals surface area contributed by atoms with Crippen LogP contribution in [-0.2, 0) is 21.1 Å². The van der Waals surface area contributed by atoms with Crippen molar-refractivity contribution in [2.24, 2.45) is 0 Å². The lowest BCUT2D eigenvalue weighted by Gasteiger charge is -2.04. The van der Waals surface area contributed by atoms with Crippen LogP contribution >= 0.6 is 0 Å². The van der Waals surface area contributed by atoms with E-state index < -0.39 is 16.4 Å². The Bertz CT molecular complexity index is 536. The molecule has 0 fully saturated rings. The predicted octanol–water partition coefficient (Wildman–Crippen LogP) is -0.0528. The van der Waals surface area contributed by atoms with E-state index in [-0.39, 0.29) is 23.0 Å². The Morgan fingerprint density at radius 2 is 2.12 bits per heavy atom. The smallest absolute Gasteiger partial charge is 0.228 e. The van der Waals surface area contributed by atoms with Crippen LogP contribution in [0.1, 0.15) is 5.56 Å². The van der Waals surface area contributed by atoms with Gasteiger partial charge >= 0.3 is 0 Å². The van der Waals surface area contributed by atoms with Crippen molar-refractivity contribution in [1.82, 2.24) is 0 Å². The number of hydrogen-bond donors (Lipinski definition) is 2. The number of hydrogen-bond acceptors (Lipinski definition) is 4. The van der Waals surface area contributed by atoms with Gasteiger partial charge in [0.25, 0.3) is 0 Å². The first-order valence-electron chi connectivity index (χ1n) is 4.79. The van der Waals surface area contributed by atoms with Gasteiger partial charge in [0.1, 0.15) is 0 Å². The molecule has 1 aromatic rings. The van der Waals surface area contributed by atoms with Crippen LogP contribution in [-0.4, -0.2) is 31.8 Å². The standard InChI is InChI=1S/C10H11NO4S/c12-3-4-16(14,15)8-1-2-9-7(5-8)6-10(13)11-9/h1-2,5,12H,3-4,6H2,(H,11,13). The summed E-state index contributed by atoms with van der Waals surface area (Å²) in [6.07, 6.45) is 0.206. The van der Waals surface area contributed by atoms with Crippen molar-refractivity contribution in [3.63, 3.8) is 0 Å². The van der Waals surface area contributed by atoms with E-state index in [1.165, 1.54) is 12.1 Å². The Labute approximate surface area is 93.0 Å². The van der Waals surface area contributed by atoms with E-state index in [0.717, 1.165) is 0 Å². The normalized spacial score (nSPS) is 14.7. The van der Waals surface area contributed by atoms with Crippen LogP contribution in [0.4, 0.5) is 5.69 Å². The fourth-order valence-corrected chi connectivity index (χ4v) is 2.71. The fraction of sp³-hybridized carbons (Fsp3) is 0.300. The number of benzene rings is 1. The number of fused-ring (bicyclic) bond motifs is 1. The molecule has 0 aromatic heterocycles. The quantitative estimate of drug-likeness (QED) is 0.777. The lowest BCUT2D eigenvalue weighted by atomic mass is 10.2. The number of aliphatic hydroxyl groups excluding tert-OH is 1. The molecule has 0 atom stereocenters. The number of aliphatic hydroxyl groups is 1. The first-order valence-corrected chi connectivity index (χ1v) is 6.44. The summed E-state index contributed by atoms with van der Waals surface area (Å²) in [6.45, 7) is -0.406. The van der Waals surface area contributed by atoms with Gasteiger partial charge < -0.3 is 10.4 Å². The van der Waals surface area contributed by atoms with Gasteiger partial charge in [-0.05, 0) is 23.8 Å². The molecule has 86 valence electrons. The number of amides is 1. The highest BCUT2D eigenvalue weighted by Gasteiger charge is 2.21. The molecule has 1 amide bonds. The van der Waals surface area contributed by atoms with Gasteiger partial charge in [-0.25, -0.2) is 8.42 Å². The molecular weight excluding hydrogens is 230 g/mol. The van der Waals surface area contributed by atoms with Gasteiger partial charge in [0.05, 0.1) is 23.7 Å². The summed E-state index contributed by atoms with van der Waals surface area (Å²) in [6, 6.07) is 4.50. The van der Waals surface area contributed by atoms with Crippen molar-refractivity contribution in [3.05, 3.63) is 23.8 Å². The molecule has 0 bridgehead atoms. The average molecular weight is 241 g/mol. The maximum Gasteiger partial charge on any atom is 0.228 e. The Balaban J connectivity index is 2.40. The zero-order valence-electron chi connectivity index (χ0n) is 8.43. The largest absolute Gasteiger partial charge is 0.395 e. The topological polar surface area (TPSA) is 83.5 Å². The molecule has 6 heteroatoms. The summed E-state index contributed by atoms with van der Waals surface area (Å²) in [5.74, 6) is -0.431. The Morgan fingerprint density at radius 3 is 2.81 bits per heavy atom. The molecule has 0 saturated heterocycles. The van der Waals surface area contributed by atoms with Crippen LogP contribution in [0.3, 0.4) is 0 Å². The molecule has 2 rings (SSSR count). The predicted molar refractivity (Wildman–Crippen MR) is 57.9 cm³/mol. The van der Waals surface area contributed by atoms with E-state index in [1.807, 2.05) is 0 Å². The van der Waals surface area contributed by atoms with Crippen LogP contribution in [0.25, 0.3) is 0 Å². The minimum absolute atomic E-state index is 0.133. The fourth-order valence-electron chi connectivity index (χ4n) is 1.64. The number of nitrogens with one attached hydrogen (secondary N) is 1. The zero-order chi connectivity index (χ0) is 11.8. The van der Waals surface area contributed by atoms with Crippen molar-refractivity contribution < 1.29 is 18.3 Å². The summed E-state index contributed by atoms with van der Waals surface area (Å²) in [5, 5.41) is 11.3. The third kappa shape index (κ3) is 1.94. The molecule has 5 nitrogen and oxygen atoms in total. The second-order valence-corrected chi connectivity index (χ2v) is 5.70. The second-order valence-electron chi connectivity index (χ2n) is 3.59. The first-order chi connectivity index (χ1) is 7.53. The number of rotatable bonds is 3. The van der Waals surface area contributed by atoms with Crippen molar-refractivity contribution in [3.8, 4) is 0 Å². The molecule has 0 spiro atoms. The van der Waals surface area contributed by atoms with E-state index in [9.17, 15) is 13.2 Å². The van der Waals surface area contributed by atoms with Gasteiger partial charge in [-0.15, -0.1) is 0 Å². The highest BCUT2D eigenvalue weighted by molar-refractivity contribution is 7.91. The molecule has 16 heavy (non-hydrogen) atoms. The number of anilines is 1. The second kappa shape index (κ2) is 3.88. The minimum atomic E-state index is -3.44. The van der Waals surface area contributed by atoms with Crippen molar-refractivity contribution in [2.45, 2.75) is 11.3 Å². The summed E-state index contributed by atoms with van der Waals surface area (Å²) in [7, 11) is -3.44. The van der Waals surface area contributed by atoms with Crippen molar-refractivity contribution in [1.29, 1.82) is 0 Å². The van der Waals surface area contributed by atoms with Crippen molar-refractivity contribution in [2.75, 3.05) is 17.7 Å². The van der Waals surface area contributed by atoms with E-state index in [2.05, 4.69) is 5.32 Å². The van der Waals surface area contributed by atoms with Crippen LogP contribution in [0.15, 0.2) is 23.1 Å². The van der Waals surface area contributed by atoms with E-state index in [1.54, 1.807) is 6.07 Å². The van der Waals surface area contributed by atoms with Crippen LogP contribution < -0.4 is 5.32 Å².